The molecule has 0 bridgehead atoms. The highest BCUT2D eigenvalue weighted by molar-refractivity contribution is 6.12. The summed E-state index contributed by atoms with van der Waals surface area (Å²) in [4.78, 5) is 11.7. The first-order chi connectivity index (χ1) is 8.09. The Kier molecular flexibility index (Phi) is 1.96. The fourth-order valence-electron chi connectivity index (χ4n) is 2.36. The van der Waals surface area contributed by atoms with Gasteiger partial charge in [0.2, 0.25) is 0 Å². The fraction of sp³-hybridized carbons (Fsp3) is 0.154. The van der Waals surface area contributed by atoms with E-state index >= 15 is 0 Å². The van der Waals surface area contributed by atoms with Gasteiger partial charge in [-0.15, -0.1) is 0 Å². The van der Waals surface area contributed by atoms with Crippen molar-refractivity contribution in [2.45, 2.75) is 12.8 Å². The largest absolute Gasteiger partial charge is 0.505 e. The number of aromatic hydroxyl groups is 1. The highest BCUT2D eigenvalue weighted by Crippen LogP contribution is 2.36. The Labute approximate surface area is 95.5 Å². The molecule has 0 atom stereocenters. The zero-order valence-corrected chi connectivity index (χ0v) is 8.76. The summed E-state index contributed by atoms with van der Waals surface area (Å²) in [6.45, 7) is 0. The number of hydrogen-bond donors (Lipinski definition) is 1. The van der Waals surface area contributed by atoms with Crippen molar-refractivity contribution in [2.75, 3.05) is 0 Å². The second kappa shape index (κ2) is 3.26. The Morgan fingerprint density at radius 2 is 1.94 bits per heavy atom. The number of hydrogen-bond acceptors (Lipinski definition) is 2. The number of phenolic OH excluding ortho intramolecular Hbond substituents is 1. The number of aryl methyl sites for hydroxylation is 1. The molecule has 0 aromatic heterocycles. The molecule has 4 heteroatoms. The number of carbonyl (C=O) groups is 1. The molecule has 0 aliphatic heterocycles. The highest BCUT2D eigenvalue weighted by atomic mass is 19.1. The second-order valence-corrected chi connectivity index (χ2v) is 4.13. The SMILES string of the molecule is O=C1CCc2c(F)ccc3c(F)c(O)cc1c23. The molecular formula is C13H8F2O2. The molecule has 3 rings (SSSR count). The average Bonchev–Trinajstić information content (AvgIpc) is 2.31. The van der Waals surface area contributed by atoms with Crippen LogP contribution >= 0.6 is 0 Å². The van der Waals surface area contributed by atoms with E-state index in [0.29, 0.717) is 10.9 Å². The first-order valence-corrected chi connectivity index (χ1v) is 5.25. The zero-order chi connectivity index (χ0) is 12.2. The summed E-state index contributed by atoms with van der Waals surface area (Å²) in [5.41, 5.74) is 0.565. The third-order valence-electron chi connectivity index (χ3n) is 3.17. The fourth-order valence-corrected chi connectivity index (χ4v) is 2.36. The number of carbonyl (C=O) groups excluding carboxylic acids is 1. The molecule has 2 aromatic rings. The van der Waals surface area contributed by atoms with Gasteiger partial charge < -0.3 is 5.11 Å². The molecule has 0 fully saturated rings. The van der Waals surface area contributed by atoms with E-state index in [0.717, 1.165) is 6.07 Å². The maximum absolute atomic E-state index is 13.7. The van der Waals surface area contributed by atoms with Crippen LogP contribution in [0.25, 0.3) is 10.8 Å². The van der Waals surface area contributed by atoms with E-state index in [2.05, 4.69) is 0 Å². The van der Waals surface area contributed by atoms with E-state index in [1.807, 2.05) is 0 Å². The number of benzene rings is 2. The summed E-state index contributed by atoms with van der Waals surface area (Å²) in [6, 6.07) is 3.51. The molecule has 0 unspecified atom stereocenters. The number of rotatable bonds is 0. The monoisotopic (exact) mass is 234 g/mol. The minimum Gasteiger partial charge on any atom is -0.505 e. The van der Waals surface area contributed by atoms with E-state index in [-0.39, 0.29) is 29.6 Å². The van der Waals surface area contributed by atoms with Crippen molar-refractivity contribution < 1.29 is 18.7 Å². The molecule has 1 N–H and O–H groups in total. The molecule has 2 nitrogen and oxygen atoms in total. The Morgan fingerprint density at radius 1 is 1.18 bits per heavy atom. The predicted octanol–water partition coefficient (Wildman–Crippen LogP) is 2.95. The van der Waals surface area contributed by atoms with Crippen LogP contribution in [0.15, 0.2) is 18.2 Å². The van der Waals surface area contributed by atoms with Crippen LogP contribution in [0.3, 0.4) is 0 Å². The summed E-state index contributed by atoms with van der Waals surface area (Å²) in [5.74, 6) is -2.00. The van der Waals surface area contributed by atoms with Gasteiger partial charge in [-0.2, -0.15) is 0 Å². The van der Waals surface area contributed by atoms with Gasteiger partial charge in [-0.3, -0.25) is 4.79 Å². The maximum Gasteiger partial charge on any atom is 0.172 e. The predicted molar refractivity (Wildman–Crippen MR) is 58.2 cm³/mol. The standard InChI is InChI=1S/C13H8F2O2/c14-9-3-1-7-12-6(9)2-4-10(16)8(12)5-11(17)13(7)15/h1,3,5,17H,2,4H2. The zero-order valence-electron chi connectivity index (χ0n) is 8.76. The van der Waals surface area contributed by atoms with Crippen molar-refractivity contribution in [3.8, 4) is 5.75 Å². The van der Waals surface area contributed by atoms with Crippen molar-refractivity contribution in [3.05, 3.63) is 41.0 Å². The van der Waals surface area contributed by atoms with Crippen molar-refractivity contribution in [2.24, 2.45) is 0 Å². The lowest BCUT2D eigenvalue weighted by Crippen LogP contribution is -2.11. The van der Waals surface area contributed by atoms with E-state index in [1.165, 1.54) is 12.1 Å². The number of ketones is 1. The lowest BCUT2D eigenvalue weighted by molar-refractivity contribution is 0.0981. The third kappa shape index (κ3) is 1.27. The third-order valence-corrected chi connectivity index (χ3v) is 3.17. The average molecular weight is 234 g/mol. The number of halogens is 2. The van der Waals surface area contributed by atoms with E-state index in [1.54, 1.807) is 0 Å². The van der Waals surface area contributed by atoms with Crippen LogP contribution in [0.2, 0.25) is 0 Å². The smallest absolute Gasteiger partial charge is 0.172 e. The lowest BCUT2D eigenvalue weighted by Gasteiger charge is -2.17. The Balaban J connectivity index is 2.57. The molecule has 0 amide bonds. The molecular weight excluding hydrogens is 226 g/mol. The van der Waals surface area contributed by atoms with Crippen LogP contribution in [0.1, 0.15) is 22.3 Å². The minimum absolute atomic E-state index is 0.101. The molecule has 0 saturated carbocycles. The molecule has 0 spiro atoms. The van der Waals surface area contributed by atoms with Gasteiger partial charge in [0.25, 0.3) is 0 Å². The molecule has 0 radical (unpaired) electrons. The van der Waals surface area contributed by atoms with Crippen LogP contribution in [-0.4, -0.2) is 10.9 Å². The van der Waals surface area contributed by atoms with Crippen molar-refractivity contribution in [1.82, 2.24) is 0 Å². The van der Waals surface area contributed by atoms with E-state index < -0.39 is 17.4 Å². The van der Waals surface area contributed by atoms with Gasteiger partial charge in [0.05, 0.1) is 0 Å². The molecule has 2 aromatic carbocycles. The summed E-state index contributed by atoms with van der Waals surface area (Å²) >= 11 is 0. The van der Waals surface area contributed by atoms with Gasteiger partial charge in [0, 0.05) is 22.8 Å². The maximum atomic E-state index is 13.7. The topological polar surface area (TPSA) is 37.3 Å². The first kappa shape index (κ1) is 10.2. The summed E-state index contributed by atoms with van der Waals surface area (Å²) in [6.07, 6.45) is 0.466. The van der Waals surface area contributed by atoms with E-state index in [4.69, 9.17) is 0 Å². The van der Waals surface area contributed by atoms with Crippen molar-refractivity contribution in [3.63, 3.8) is 0 Å². The minimum atomic E-state index is -0.806. The first-order valence-electron chi connectivity index (χ1n) is 5.25. The normalized spacial score (nSPS) is 14.4. The molecule has 86 valence electrons. The van der Waals surface area contributed by atoms with Gasteiger partial charge in [-0.25, -0.2) is 8.78 Å². The van der Waals surface area contributed by atoms with E-state index in [9.17, 15) is 18.7 Å². The van der Waals surface area contributed by atoms with Crippen LogP contribution in [0.4, 0.5) is 8.78 Å². The molecule has 0 saturated heterocycles. The Hall–Kier alpha value is -1.97. The van der Waals surface area contributed by atoms with Crippen LogP contribution < -0.4 is 0 Å². The Bertz CT molecular complexity index is 662. The number of phenols is 1. The van der Waals surface area contributed by atoms with Crippen LogP contribution in [-0.2, 0) is 6.42 Å². The number of Topliss-reactive ketones (excluding diaryl/α,β-unsaturated/α-hetero) is 1. The van der Waals surface area contributed by atoms with Gasteiger partial charge >= 0.3 is 0 Å². The summed E-state index contributed by atoms with van der Waals surface area (Å²) < 4.78 is 27.3. The Morgan fingerprint density at radius 3 is 2.71 bits per heavy atom. The van der Waals surface area contributed by atoms with Gasteiger partial charge in [0.15, 0.2) is 17.3 Å². The van der Waals surface area contributed by atoms with Crippen molar-refractivity contribution >= 4 is 16.6 Å². The van der Waals surface area contributed by atoms with Crippen LogP contribution in [0, 0.1) is 11.6 Å². The second-order valence-electron chi connectivity index (χ2n) is 4.13. The van der Waals surface area contributed by atoms with Crippen molar-refractivity contribution in [1.29, 1.82) is 0 Å². The van der Waals surface area contributed by atoms with Gasteiger partial charge in [0.1, 0.15) is 5.82 Å². The van der Waals surface area contributed by atoms with Crippen LogP contribution in [0.5, 0.6) is 5.75 Å². The summed E-state index contributed by atoms with van der Waals surface area (Å²) in [5, 5.41) is 9.81. The van der Waals surface area contributed by atoms with Gasteiger partial charge in [-0.05, 0) is 30.2 Å². The quantitative estimate of drug-likeness (QED) is 0.760. The lowest BCUT2D eigenvalue weighted by atomic mass is 9.87. The van der Waals surface area contributed by atoms with Gasteiger partial charge in [-0.1, -0.05) is 0 Å². The summed E-state index contributed by atoms with van der Waals surface area (Å²) in [7, 11) is 0. The molecule has 17 heavy (non-hydrogen) atoms. The molecule has 1 aliphatic rings. The highest BCUT2D eigenvalue weighted by Gasteiger charge is 2.25. The molecule has 1 aliphatic carbocycles. The molecule has 0 heterocycles.